The molecular weight excluding hydrogens is 256 g/mol. The van der Waals surface area contributed by atoms with Crippen LogP contribution in [-0.4, -0.2) is 48.0 Å². The van der Waals surface area contributed by atoms with Gasteiger partial charge in [-0.3, -0.25) is 4.79 Å². The minimum absolute atomic E-state index is 0.373. The molecule has 112 valence electrons. The normalized spacial score (nSPS) is 16.5. The second-order valence-electron chi connectivity index (χ2n) is 5.28. The van der Waals surface area contributed by atoms with Gasteiger partial charge in [0, 0.05) is 24.8 Å². The molecule has 1 amide bonds. The summed E-state index contributed by atoms with van der Waals surface area (Å²) in [4.78, 5) is 14.5. The maximum atomic E-state index is 12.4. The lowest BCUT2D eigenvalue weighted by molar-refractivity contribution is -0.133. The monoisotopic (exact) mass is 286 g/mol. The summed E-state index contributed by atoms with van der Waals surface area (Å²) in [5, 5.41) is 3.37. The quantitative estimate of drug-likeness (QED) is 0.662. The average Bonchev–Trinajstić information content (AvgIpc) is 2.45. The molecule has 0 aliphatic carbocycles. The lowest BCUT2D eigenvalue weighted by atomic mass is 10.0. The number of carbonyl (C=O) groups is 1. The Morgan fingerprint density at radius 2 is 1.95 bits per heavy atom. The Balaban J connectivity index is 2.30. The van der Waals surface area contributed by atoms with E-state index in [1.807, 2.05) is 11.8 Å². The molecule has 0 unspecified atom stereocenters. The van der Waals surface area contributed by atoms with Gasteiger partial charge in [0.15, 0.2) is 0 Å². The van der Waals surface area contributed by atoms with Gasteiger partial charge in [-0.05, 0) is 44.5 Å². The molecule has 0 saturated carbocycles. The Morgan fingerprint density at radius 1 is 1.21 bits per heavy atom. The molecule has 0 bridgehead atoms. The molecule has 1 rings (SSSR count). The van der Waals surface area contributed by atoms with E-state index in [1.165, 1.54) is 18.6 Å². The Morgan fingerprint density at radius 3 is 2.58 bits per heavy atom. The number of unbranched alkanes of at least 4 members (excludes halogenated alkanes) is 1. The average molecular weight is 286 g/mol. The van der Waals surface area contributed by atoms with Crippen molar-refractivity contribution in [2.45, 2.75) is 58.4 Å². The number of hydrogen-bond donors (Lipinski definition) is 1. The topological polar surface area (TPSA) is 32.3 Å². The third-order valence-corrected chi connectivity index (χ3v) is 4.71. The first-order chi connectivity index (χ1) is 9.29. The highest BCUT2D eigenvalue weighted by molar-refractivity contribution is 7.99. The molecule has 1 aliphatic heterocycles. The zero-order valence-corrected chi connectivity index (χ0v) is 13.4. The van der Waals surface area contributed by atoms with Crippen LogP contribution in [0, 0.1) is 0 Å². The highest BCUT2D eigenvalue weighted by Gasteiger charge is 2.23. The van der Waals surface area contributed by atoms with Gasteiger partial charge in [0.1, 0.15) is 0 Å². The van der Waals surface area contributed by atoms with E-state index in [9.17, 15) is 4.79 Å². The predicted octanol–water partition coefficient (Wildman–Crippen LogP) is 2.90. The summed E-state index contributed by atoms with van der Waals surface area (Å²) >= 11 is 1.93. The molecule has 3 nitrogen and oxygen atoms in total. The standard InChI is InChI=1S/C15H30N2OS/c1-3-5-12-19-13-8-15(18)17(11-4-2)14-6-9-16-10-7-14/h14,16H,3-13H2,1-2H3. The minimum Gasteiger partial charge on any atom is -0.340 e. The summed E-state index contributed by atoms with van der Waals surface area (Å²) in [6.45, 7) is 7.43. The highest BCUT2D eigenvalue weighted by Crippen LogP contribution is 2.15. The third-order valence-electron chi connectivity index (χ3n) is 3.64. The van der Waals surface area contributed by atoms with Crippen LogP contribution in [0.1, 0.15) is 52.4 Å². The lowest BCUT2D eigenvalue weighted by Crippen LogP contribution is -2.46. The molecule has 1 saturated heterocycles. The zero-order chi connectivity index (χ0) is 13.9. The number of carbonyl (C=O) groups excluding carboxylic acids is 1. The molecule has 0 radical (unpaired) electrons. The van der Waals surface area contributed by atoms with Crippen LogP contribution in [0.25, 0.3) is 0 Å². The van der Waals surface area contributed by atoms with Crippen LogP contribution in [-0.2, 0) is 4.79 Å². The van der Waals surface area contributed by atoms with Crippen molar-refractivity contribution in [2.75, 3.05) is 31.1 Å². The van der Waals surface area contributed by atoms with Gasteiger partial charge < -0.3 is 10.2 Å². The van der Waals surface area contributed by atoms with Crippen molar-refractivity contribution in [2.24, 2.45) is 0 Å². The van der Waals surface area contributed by atoms with E-state index in [0.717, 1.165) is 51.1 Å². The van der Waals surface area contributed by atoms with Gasteiger partial charge in [0.25, 0.3) is 0 Å². The van der Waals surface area contributed by atoms with E-state index < -0.39 is 0 Å². The first-order valence-corrected chi connectivity index (χ1v) is 9.03. The van der Waals surface area contributed by atoms with E-state index >= 15 is 0 Å². The Hall–Kier alpha value is -0.220. The van der Waals surface area contributed by atoms with E-state index in [1.54, 1.807) is 0 Å². The summed E-state index contributed by atoms with van der Waals surface area (Å²) in [7, 11) is 0. The molecule has 1 heterocycles. The van der Waals surface area contributed by atoms with Gasteiger partial charge in [0.05, 0.1) is 0 Å². The molecule has 4 heteroatoms. The first-order valence-electron chi connectivity index (χ1n) is 7.87. The van der Waals surface area contributed by atoms with Gasteiger partial charge in [-0.2, -0.15) is 11.8 Å². The molecule has 1 N–H and O–H groups in total. The molecule has 0 atom stereocenters. The lowest BCUT2D eigenvalue weighted by Gasteiger charge is -2.34. The highest BCUT2D eigenvalue weighted by atomic mass is 32.2. The summed E-state index contributed by atoms with van der Waals surface area (Å²) in [6.07, 6.45) is 6.55. The second kappa shape index (κ2) is 10.6. The van der Waals surface area contributed by atoms with Crippen LogP contribution in [0.4, 0.5) is 0 Å². The summed E-state index contributed by atoms with van der Waals surface area (Å²) in [5.74, 6) is 2.56. The fourth-order valence-corrected chi connectivity index (χ4v) is 3.54. The van der Waals surface area contributed by atoms with Crippen molar-refractivity contribution in [3.63, 3.8) is 0 Å². The van der Waals surface area contributed by atoms with Crippen LogP contribution in [0.15, 0.2) is 0 Å². The molecular formula is C15H30N2OS. The molecule has 1 aliphatic rings. The molecule has 0 aromatic heterocycles. The smallest absolute Gasteiger partial charge is 0.223 e. The molecule has 0 spiro atoms. The first kappa shape index (κ1) is 16.8. The predicted molar refractivity (Wildman–Crippen MR) is 84.7 cm³/mol. The number of rotatable bonds is 9. The van der Waals surface area contributed by atoms with Crippen LogP contribution in [0.5, 0.6) is 0 Å². The van der Waals surface area contributed by atoms with Crippen LogP contribution < -0.4 is 5.32 Å². The van der Waals surface area contributed by atoms with Crippen molar-refractivity contribution < 1.29 is 4.79 Å². The third kappa shape index (κ3) is 6.66. The molecule has 0 aromatic rings. The number of piperidine rings is 1. The Bertz CT molecular complexity index is 242. The van der Waals surface area contributed by atoms with E-state index in [0.29, 0.717) is 11.9 Å². The Labute approximate surface area is 122 Å². The van der Waals surface area contributed by atoms with Gasteiger partial charge in [-0.15, -0.1) is 0 Å². The number of nitrogens with zero attached hydrogens (tertiary/aromatic N) is 1. The minimum atomic E-state index is 0.373. The van der Waals surface area contributed by atoms with Crippen molar-refractivity contribution in [3.8, 4) is 0 Å². The number of thioether (sulfide) groups is 1. The summed E-state index contributed by atoms with van der Waals surface area (Å²) < 4.78 is 0. The molecule has 1 fully saturated rings. The van der Waals surface area contributed by atoms with Gasteiger partial charge in [0.2, 0.25) is 5.91 Å². The molecule has 0 aromatic carbocycles. The number of hydrogen-bond acceptors (Lipinski definition) is 3. The largest absolute Gasteiger partial charge is 0.340 e. The van der Waals surface area contributed by atoms with Crippen molar-refractivity contribution in [3.05, 3.63) is 0 Å². The van der Waals surface area contributed by atoms with Gasteiger partial charge in [-0.1, -0.05) is 20.3 Å². The van der Waals surface area contributed by atoms with Crippen LogP contribution in [0.3, 0.4) is 0 Å². The van der Waals surface area contributed by atoms with Crippen molar-refractivity contribution >= 4 is 17.7 Å². The Kier molecular flexibility index (Phi) is 9.35. The van der Waals surface area contributed by atoms with E-state index in [4.69, 9.17) is 0 Å². The van der Waals surface area contributed by atoms with Crippen LogP contribution >= 0.6 is 11.8 Å². The fourth-order valence-electron chi connectivity index (χ4n) is 2.52. The zero-order valence-electron chi connectivity index (χ0n) is 12.6. The van der Waals surface area contributed by atoms with Gasteiger partial charge in [-0.25, -0.2) is 0 Å². The SMILES string of the molecule is CCCCSCCC(=O)N(CCC)C1CCNCC1. The number of nitrogens with one attached hydrogen (secondary N) is 1. The maximum Gasteiger partial charge on any atom is 0.223 e. The number of amides is 1. The van der Waals surface area contributed by atoms with Crippen molar-refractivity contribution in [1.29, 1.82) is 0 Å². The molecule has 19 heavy (non-hydrogen) atoms. The van der Waals surface area contributed by atoms with Gasteiger partial charge >= 0.3 is 0 Å². The summed E-state index contributed by atoms with van der Waals surface area (Å²) in [6, 6.07) is 0.481. The fraction of sp³-hybridized carbons (Fsp3) is 0.933. The second-order valence-corrected chi connectivity index (χ2v) is 6.51. The van der Waals surface area contributed by atoms with E-state index in [-0.39, 0.29) is 0 Å². The summed E-state index contributed by atoms with van der Waals surface area (Å²) in [5.41, 5.74) is 0. The van der Waals surface area contributed by atoms with E-state index in [2.05, 4.69) is 24.1 Å². The van der Waals surface area contributed by atoms with Crippen molar-refractivity contribution in [1.82, 2.24) is 10.2 Å². The van der Waals surface area contributed by atoms with Crippen LogP contribution in [0.2, 0.25) is 0 Å². The maximum absolute atomic E-state index is 12.4.